The van der Waals surface area contributed by atoms with Gasteiger partial charge in [-0.3, -0.25) is 0 Å². The number of ether oxygens (including phenoxy) is 2. The molecule has 3 atom stereocenters. The van der Waals surface area contributed by atoms with Gasteiger partial charge in [0.05, 0.1) is 12.7 Å². The Morgan fingerprint density at radius 1 is 1.14 bits per heavy atom. The molecule has 1 rings (SSSR count). The molecule has 0 aromatic carbocycles. The van der Waals surface area contributed by atoms with E-state index in [-0.39, 0.29) is 6.29 Å². The zero-order chi connectivity index (χ0) is 16.4. The molecule has 5 nitrogen and oxygen atoms in total. The third-order valence-corrected chi connectivity index (χ3v) is 7.22. The average Bonchev–Trinajstić information content (AvgIpc) is 2.42. The second-order valence-corrected chi connectivity index (χ2v) is 8.36. The van der Waals surface area contributed by atoms with Crippen LogP contribution < -0.4 is 0 Å². The monoisotopic (exact) mass is 334 g/mol. The molecule has 1 fully saturated rings. The van der Waals surface area contributed by atoms with E-state index < -0.39 is 8.80 Å². The second kappa shape index (κ2) is 10.7. The molecule has 0 N–H and O–H groups in total. The number of hydrogen-bond acceptors (Lipinski definition) is 5. The van der Waals surface area contributed by atoms with Crippen molar-refractivity contribution in [3.05, 3.63) is 0 Å². The first-order chi connectivity index (χ1) is 10.6. The van der Waals surface area contributed by atoms with E-state index in [1.54, 1.807) is 0 Å². The van der Waals surface area contributed by atoms with Crippen molar-refractivity contribution in [3.63, 3.8) is 0 Å². The van der Waals surface area contributed by atoms with Crippen LogP contribution in [0.1, 0.15) is 53.9 Å². The molecule has 1 heterocycles. The van der Waals surface area contributed by atoms with E-state index in [9.17, 15) is 0 Å². The van der Waals surface area contributed by atoms with Crippen molar-refractivity contribution in [2.75, 3.05) is 26.4 Å². The normalized spacial score (nSPS) is 21.4. The summed E-state index contributed by atoms with van der Waals surface area (Å²) in [6, 6.07) is 0.825. The summed E-state index contributed by atoms with van der Waals surface area (Å²) in [4.78, 5) is 0. The van der Waals surface area contributed by atoms with E-state index in [2.05, 4.69) is 13.8 Å². The fraction of sp³-hybridized carbons (Fsp3) is 1.00. The van der Waals surface area contributed by atoms with Gasteiger partial charge in [0.15, 0.2) is 0 Å². The Kier molecular flexibility index (Phi) is 9.78. The smallest absolute Gasteiger partial charge is 0.378 e. The summed E-state index contributed by atoms with van der Waals surface area (Å²) < 4.78 is 29.4. The van der Waals surface area contributed by atoms with Gasteiger partial charge in [0.2, 0.25) is 0 Å². The minimum Gasteiger partial charge on any atom is -0.378 e. The third kappa shape index (κ3) is 6.26. The van der Waals surface area contributed by atoms with Crippen molar-refractivity contribution in [2.24, 2.45) is 5.92 Å². The van der Waals surface area contributed by atoms with Gasteiger partial charge in [-0.25, -0.2) is 0 Å². The maximum atomic E-state index is 6.12. The SMILES string of the molecule is CCC[Si](OCC)(OCC)OC(C)OCC(CC)C1CCO1. The Labute approximate surface area is 137 Å². The average molecular weight is 335 g/mol. The van der Waals surface area contributed by atoms with E-state index in [4.69, 9.17) is 22.8 Å². The Bertz CT molecular complexity index is 269. The lowest BCUT2D eigenvalue weighted by atomic mass is 9.95. The van der Waals surface area contributed by atoms with Crippen LogP contribution in [0.4, 0.5) is 0 Å². The zero-order valence-electron chi connectivity index (χ0n) is 14.9. The van der Waals surface area contributed by atoms with Gasteiger partial charge in [0.1, 0.15) is 6.29 Å². The van der Waals surface area contributed by atoms with Gasteiger partial charge in [-0.15, -0.1) is 0 Å². The molecule has 1 aliphatic heterocycles. The molecule has 0 aromatic rings. The lowest BCUT2D eigenvalue weighted by Gasteiger charge is -2.35. The molecule has 3 unspecified atom stereocenters. The lowest BCUT2D eigenvalue weighted by Crippen LogP contribution is -2.48. The van der Waals surface area contributed by atoms with Gasteiger partial charge in [-0.2, -0.15) is 0 Å². The molecule has 0 spiro atoms. The van der Waals surface area contributed by atoms with Gasteiger partial charge < -0.3 is 22.8 Å². The first kappa shape index (κ1) is 20.1. The van der Waals surface area contributed by atoms with Crippen molar-refractivity contribution in [1.29, 1.82) is 0 Å². The van der Waals surface area contributed by atoms with Crippen LogP contribution in [0, 0.1) is 5.92 Å². The summed E-state index contributed by atoms with van der Waals surface area (Å²) >= 11 is 0. The zero-order valence-corrected chi connectivity index (χ0v) is 15.9. The van der Waals surface area contributed by atoms with Crippen molar-refractivity contribution < 1.29 is 22.8 Å². The third-order valence-electron chi connectivity index (χ3n) is 3.96. The summed E-state index contributed by atoms with van der Waals surface area (Å²) in [6.07, 6.45) is 3.22. The van der Waals surface area contributed by atoms with Crippen LogP contribution in [-0.2, 0) is 22.8 Å². The molecular weight excluding hydrogens is 300 g/mol. The van der Waals surface area contributed by atoms with E-state index in [0.717, 1.165) is 31.9 Å². The topological polar surface area (TPSA) is 46.2 Å². The minimum absolute atomic E-state index is 0.314. The summed E-state index contributed by atoms with van der Waals surface area (Å²) in [5, 5.41) is 0. The van der Waals surface area contributed by atoms with Crippen molar-refractivity contribution >= 4 is 8.80 Å². The molecule has 1 aliphatic rings. The van der Waals surface area contributed by atoms with Crippen LogP contribution in [-0.4, -0.2) is 47.6 Å². The predicted molar refractivity (Wildman–Crippen MR) is 88.7 cm³/mol. The summed E-state index contributed by atoms with van der Waals surface area (Å²) in [6.45, 7) is 12.9. The fourth-order valence-electron chi connectivity index (χ4n) is 2.72. The maximum absolute atomic E-state index is 6.12. The number of hydrogen-bond donors (Lipinski definition) is 0. The Balaban J connectivity index is 2.48. The summed E-state index contributed by atoms with van der Waals surface area (Å²) in [7, 11) is -2.62. The largest absolute Gasteiger partial charge is 0.502 e. The number of rotatable bonds is 13. The van der Waals surface area contributed by atoms with E-state index in [0.29, 0.717) is 31.8 Å². The van der Waals surface area contributed by atoms with Gasteiger partial charge in [0, 0.05) is 31.8 Å². The highest BCUT2D eigenvalue weighted by Crippen LogP contribution is 2.25. The molecule has 0 aromatic heterocycles. The molecule has 132 valence electrons. The summed E-state index contributed by atoms with van der Waals surface area (Å²) in [5.41, 5.74) is 0. The minimum atomic E-state index is -2.62. The molecular formula is C16H34O5Si. The quantitative estimate of drug-likeness (QED) is 0.380. The Morgan fingerprint density at radius 3 is 2.18 bits per heavy atom. The van der Waals surface area contributed by atoms with Gasteiger partial charge in [-0.05, 0) is 33.6 Å². The molecule has 0 saturated carbocycles. The molecule has 0 radical (unpaired) electrons. The Morgan fingerprint density at radius 2 is 1.77 bits per heavy atom. The molecule has 1 saturated heterocycles. The predicted octanol–water partition coefficient (Wildman–Crippen LogP) is 3.60. The molecule has 22 heavy (non-hydrogen) atoms. The van der Waals surface area contributed by atoms with Crippen LogP contribution in [0.2, 0.25) is 6.04 Å². The maximum Gasteiger partial charge on any atom is 0.502 e. The lowest BCUT2D eigenvalue weighted by molar-refractivity contribution is -0.149. The van der Waals surface area contributed by atoms with Crippen molar-refractivity contribution in [1.82, 2.24) is 0 Å². The van der Waals surface area contributed by atoms with Crippen LogP contribution in [0.25, 0.3) is 0 Å². The standard InChI is InChI=1S/C16H34O5Si/c1-6-12-22(19-8-3,20-9-4)21-14(5)18-13-15(7-2)16-10-11-17-16/h14-16H,6-13H2,1-5H3. The van der Waals surface area contributed by atoms with Gasteiger partial charge in [-0.1, -0.05) is 20.3 Å². The highest BCUT2D eigenvalue weighted by Gasteiger charge is 2.41. The molecule has 0 amide bonds. The molecule has 0 aliphatic carbocycles. The van der Waals surface area contributed by atoms with Crippen LogP contribution in [0.5, 0.6) is 0 Å². The Hall–Kier alpha value is 0.0169. The fourth-order valence-corrected chi connectivity index (χ4v) is 5.41. The van der Waals surface area contributed by atoms with E-state index in [1.807, 2.05) is 20.8 Å². The van der Waals surface area contributed by atoms with Gasteiger partial charge >= 0.3 is 8.80 Å². The highest BCUT2D eigenvalue weighted by molar-refractivity contribution is 6.60. The van der Waals surface area contributed by atoms with E-state index in [1.165, 1.54) is 0 Å². The molecule has 6 heteroatoms. The highest BCUT2D eigenvalue weighted by atomic mass is 28.4. The van der Waals surface area contributed by atoms with Crippen LogP contribution >= 0.6 is 0 Å². The summed E-state index contributed by atoms with van der Waals surface area (Å²) in [5.74, 6) is 0.446. The van der Waals surface area contributed by atoms with Crippen LogP contribution in [0.15, 0.2) is 0 Å². The van der Waals surface area contributed by atoms with Gasteiger partial charge in [0.25, 0.3) is 0 Å². The van der Waals surface area contributed by atoms with E-state index >= 15 is 0 Å². The first-order valence-corrected chi connectivity index (χ1v) is 10.7. The second-order valence-electron chi connectivity index (χ2n) is 5.68. The van der Waals surface area contributed by atoms with Crippen LogP contribution in [0.3, 0.4) is 0 Å². The molecule has 0 bridgehead atoms. The van der Waals surface area contributed by atoms with Crippen molar-refractivity contribution in [2.45, 2.75) is 72.3 Å². The first-order valence-electron chi connectivity index (χ1n) is 8.79. The van der Waals surface area contributed by atoms with Crippen molar-refractivity contribution in [3.8, 4) is 0 Å².